The highest BCUT2D eigenvalue weighted by atomic mass is 16.5. The lowest BCUT2D eigenvalue weighted by molar-refractivity contribution is -0.0284. The van der Waals surface area contributed by atoms with E-state index in [-0.39, 0.29) is 6.10 Å². The summed E-state index contributed by atoms with van der Waals surface area (Å²) in [5.41, 5.74) is 0. The molecular formula is C20H43N5O. The molecule has 0 radical (unpaired) electrons. The van der Waals surface area contributed by atoms with Gasteiger partial charge >= 0.3 is 0 Å². The molecule has 1 saturated heterocycles. The number of rotatable bonds is 10. The Morgan fingerprint density at radius 3 is 2.46 bits per heavy atom. The molecule has 26 heavy (non-hydrogen) atoms. The SMILES string of the molecule is CCC(CC)C(CNC(=NC)NCC1CN(CC(C)C)CCO1)N(C)C. The van der Waals surface area contributed by atoms with Crippen LogP contribution in [0.1, 0.15) is 40.5 Å². The zero-order valence-electron chi connectivity index (χ0n) is 18.2. The van der Waals surface area contributed by atoms with E-state index < -0.39 is 0 Å². The van der Waals surface area contributed by atoms with E-state index in [1.807, 2.05) is 7.05 Å². The molecule has 0 saturated carbocycles. The topological polar surface area (TPSA) is 52.1 Å². The van der Waals surface area contributed by atoms with Crippen molar-refractivity contribution in [2.24, 2.45) is 16.8 Å². The van der Waals surface area contributed by atoms with Gasteiger partial charge in [-0.1, -0.05) is 40.5 Å². The first-order valence-electron chi connectivity index (χ1n) is 10.4. The normalized spacial score (nSPS) is 20.8. The first kappa shape index (κ1) is 23.2. The van der Waals surface area contributed by atoms with Crippen LogP contribution in [0.2, 0.25) is 0 Å². The van der Waals surface area contributed by atoms with Crippen LogP contribution in [0, 0.1) is 11.8 Å². The minimum absolute atomic E-state index is 0.227. The molecule has 1 rings (SSSR count). The van der Waals surface area contributed by atoms with Crippen LogP contribution in [0.25, 0.3) is 0 Å². The summed E-state index contributed by atoms with van der Waals surface area (Å²) in [6.45, 7) is 14.8. The average Bonchev–Trinajstić information content (AvgIpc) is 2.60. The summed E-state index contributed by atoms with van der Waals surface area (Å²) in [5, 5.41) is 6.96. The Bertz CT molecular complexity index is 396. The lowest BCUT2D eigenvalue weighted by Crippen LogP contribution is -2.52. The maximum atomic E-state index is 5.93. The third-order valence-corrected chi connectivity index (χ3v) is 5.30. The Hall–Kier alpha value is -0.850. The minimum Gasteiger partial charge on any atom is -0.374 e. The predicted molar refractivity (Wildman–Crippen MR) is 112 cm³/mol. The van der Waals surface area contributed by atoms with Crippen LogP contribution in [0.5, 0.6) is 0 Å². The van der Waals surface area contributed by atoms with E-state index in [0.29, 0.717) is 17.9 Å². The molecule has 0 amide bonds. The molecule has 6 heteroatoms. The molecule has 0 aliphatic carbocycles. The zero-order chi connectivity index (χ0) is 19.5. The number of morpholine rings is 1. The molecule has 0 spiro atoms. The van der Waals surface area contributed by atoms with E-state index >= 15 is 0 Å². The van der Waals surface area contributed by atoms with E-state index in [2.05, 4.69) is 67.2 Å². The predicted octanol–water partition coefficient (Wildman–Crippen LogP) is 1.87. The third kappa shape index (κ3) is 8.23. The smallest absolute Gasteiger partial charge is 0.191 e. The van der Waals surface area contributed by atoms with Crippen molar-refractivity contribution in [2.75, 3.05) is 60.5 Å². The minimum atomic E-state index is 0.227. The number of likely N-dealkylation sites (N-methyl/N-ethyl adjacent to an activating group) is 1. The average molecular weight is 370 g/mol. The third-order valence-electron chi connectivity index (χ3n) is 5.30. The van der Waals surface area contributed by atoms with Crippen molar-refractivity contribution in [1.29, 1.82) is 0 Å². The van der Waals surface area contributed by atoms with Crippen LogP contribution < -0.4 is 10.6 Å². The van der Waals surface area contributed by atoms with Crippen LogP contribution in [-0.4, -0.2) is 88.4 Å². The molecule has 0 aromatic carbocycles. The maximum Gasteiger partial charge on any atom is 0.191 e. The molecule has 0 bridgehead atoms. The molecule has 1 aliphatic rings. The molecular weight excluding hydrogens is 326 g/mol. The fourth-order valence-electron chi connectivity index (χ4n) is 3.82. The second-order valence-corrected chi connectivity index (χ2v) is 8.09. The fourth-order valence-corrected chi connectivity index (χ4v) is 3.82. The van der Waals surface area contributed by atoms with Crippen molar-refractivity contribution in [1.82, 2.24) is 20.4 Å². The van der Waals surface area contributed by atoms with Crippen LogP contribution in [0.4, 0.5) is 0 Å². The van der Waals surface area contributed by atoms with Gasteiger partial charge in [-0.3, -0.25) is 9.89 Å². The fraction of sp³-hybridized carbons (Fsp3) is 0.950. The summed E-state index contributed by atoms with van der Waals surface area (Å²) in [6.07, 6.45) is 2.63. The van der Waals surface area contributed by atoms with Gasteiger partial charge in [-0.05, 0) is 25.9 Å². The van der Waals surface area contributed by atoms with Crippen molar-refractivity contribution in [3.8, 4) is 0 Å². The van der Waals surface area contributed by atoms with E-state index in [9.17, 15) is 0 Å². The highest BCUT2D eigenvalue weighted by Crippen LogP contribution is 2.16. The van der Waals surface area contributed by atoms with Crippen LogP contribution in [0.15, 0.2) is 4.99 Å². The molecule has 2 N–H and O–H groups in total. The van der Waals surface area contributed by atoms with Gasteiger partial charge in [0, 0.05) is 45.8 Å². The van der Waals surface area contributed by atoms with Gasteiger partial charge in [0.1, 0.15) is 0 Å². The molecule has 1 heterocycles. The number of hydrogen-bond acceptors (Lipinski definition) is 4. The number of ether oxygens (including phenoxy) is 1. The van der Waals surface area contributed by atoms with E-state index in [1.165, 1.54) is 12.8 Å². The van der Waals surface area contributed by atoms with Crippen molar-refractivity contribution < 1.29 is 4.74 Å². The molecule has 2 atom stereocenters. The second kappa shape index (κ2) is 12.5. The molecule has 1 fully saturated rings. The largest absolute Gasteiger partial charge is 0.374 e. The lowest BCUT2D eigenvalue weighted by atomic mass is 9.93. The second-order valence-electron chi connectivity index (χ2n) is 8.09. The molecule has 154 valence electrons. The summed E-state index contributed by atoms with van der Waals surface area (Å²) in [4.78, 5) is 9.22. The van der Waals surface area contributed by atoms with Gasteiger partial charge < -0.3 is 20.3 Å². The van der Waals surface area contributed by atoms with Gasteiger partial charge in [-0.2, -0.15) is 0 Å². The number of nitrogens with one attached hydrogen (secondary N) is 2. The Morgan fingerprint density at radius 1 is 1.23 bits per heavy atom. The number of guanidine groups is 1. The lowest BCUT2D eigenvalue weighted by Gasteiger charge is -2.34. The van der Waals surface area contributed by atoms with Crippen molar-refractivity contribution in [3.05, 3.63) is 0 Å². The molecule has 0 aromatic rings. The quantitative estimate of drug-likeness (QED) is 0.455. The number of aliphatic imine (C=N–C) groups is 1. The van der Waals surface area contributed by atoms with Gasteiger partial charge in [0.15, 0.2) is 5.96 Å². The highest BCUT2D eigenvalue weighted by molar-refractivity contribution is 5.79. The maximum absolute atomic E-state index is 5.93. The standard InChI is InChI=1S/C20H43N5O/c1-8-17(9-2)19(24(6)7)13-23-20(21-5)22-12-18-15-25(10-11-26-18)14-16(3)4/h16-19H,8-15H2,1-7H3,(H2,21,22,23). The monoisotopic (exact) mass is 369 g/mol. The van der Waals surface area contributed by atoms with Gasteiger partial charge in [0.25, 0.3) is 0 Å². The summed E-state index contributed by atoms with van der Waals surface area (Å²) in [6, 6.07) is 0.510. The Kier molecular flexibility index (Phi) is 11.2. The van der Waals surface area contributed by atoms with Gasteiger partial charge in [0.05, 0.1) is 12.7 Å². The van der Waals surface area contributed by atoms with Crippen LogP contribution in [0.3, 0.4) is 0 Å². The first-order valence-corrected chi connectivity index (χ1v) is 10.4. The van der Waals surface area contributed by atoms with Gasteiger partial charge in [-0.15, -0.1) is 0 Å². The van der Waals surface area contributed by atoms with Crippen LogP contribution >= 0.6 is 0 Å². The van der Waals surface area contributed by atoms with E-state index in [4.69, 9.17) is 4.74 Å². The van der Waals surface area contributed by atoms with E-state index in [0.717, 1.165) is 45.3 Å². The number of hydrogen-bond donors (Lipinski definition) is 2. The van der Waals surface area contributed by atoms with Gasteiger partial charge in [0.2, 0.25) is 0 Å². The summed E-state index contributed by atoms with van der Waals surface area (Å²) >= 11 is 0. The van der Waals surface area contributed by atoms with Gasteiger partial charge in [-0.25, -0.2) is 0 Å². The summed E-state index contributed by atoms with van der Waals surface area (Å²) in [7, 11) is 6.17. The van der Waals surface area contributed by atoms with Crippen molar-refractivity contribution in [2.45, 2.75) is 52.7 Å². The highest BCUT2D eigenvalue weighted by Gasteiger charge is 2.23. The summed E-state index contributed by atoms with van der Waals surface area (Å²) in [5.74, 6) is 2.26. The molecule has 6 nitrogen and oxygen atoms in total. The number of nitrogens with zero attached hydrogens (tertiary/aromatic N) is 3. The van der Waals surface area contributed by atoms with Crippen molar-refractivity contribution >= 4 is 5.96 Å². The van der Waals surface area contributed by atoms with Crippen LogP contribution in [-0.2, 0) is 4.74 Å². The zero-order valence-corrected chi connectivity index (χ0v) is 18.2. The van der Waals surface area contributed by atoms with E-state index in [1.54, 1.807) is 0 Å². The first-order chi connectivity index (χ1) is 12.4. The summed E-state index contributed by atoms with van der Waals surface area (Å²) < 4.78 is 5.93. The molecule has 1 aliphatic heterocycles. The Labute approximate surface area is 161 Å². The Balaban J connectivity index is 2.44. The molecule has 0 aromatic heterocycles. The molecule has 2 unspecified atom stereocenters. The van der Waals surface area contributed by atoms with Crippen molar-refractivity contribution in [3.63, 3.8) is 0 Å². The Morgan fingerprint density at radius 2 is 1.92 bits per heavy atom.